The minimum atomic E-state index is -3.24. The van der Waals surface area contributed by atoms with Crippen LogP contribution < -0.4 is 4.72 Å². The Hall–Kier alpha value is -1.17. The number of nitrogens with one attached hydrogen (secondary N) is 1. The van der Waals surface area contributed by atoms with Gasteiger partial charge in [-0.05, 0) is 6.92 Å². The Balaban J connectivity index is 2.85. The lowest BCUT2D eigenvalue weighted by molar-refractivity contribution is 0.606. The molecular weight excluding hydrogens is 178 g/mol. The van der Waals surface area contributed by atoms with Crippen molar-refractivity contribution in [1.82, 2.24) is 9.97 Å². The zero-order valence-corrected chi connectivity index (χ0v) is 7.59. The summed E-state index contributed by atoms with van der Waals surface area (Å²) in [5.41, 5.74) is 0.744. The second kappa shape index (κ2) is 3.06. The Kier molecular flexibility index (Phi) is 2.27. The number of sulfonamides is 1. The molecular formula is C6H9N3O2S. The molecule has 1 N–H and O–H groups in total. The standard InChI is InChI=1S/C6H9N3O2S/c1-5-3-8-6(4-7-5)9-12(2,10)11/h3-4H,1-2H3,(H,8,9). The van der Waals surface area contributed by atoms with Crippen LogP contribution in [0.5, 0.6) is 0 Å². The maximum absolute atomic E-state index is 10.7. The summed E-state index contributed by atoms with van der Waals surface area (Å²) in [6.45, 7) is 1.78. The summed E-state index contributed by atoms with van der Waals surface area (Å²) in [5.74, 6) is 0.239. The summed E-state index contributed by atoms with van der Waals surface area (Å²) in [6, 6.07) is 0. The van der Waals surface area contributed by atoms with Crippen LogP contribution in [-0.4, -0.2) is 24.6 Å². The zero-order chi connectivity index (χ0) is 9.19. The summed E-state index contributed by atoms with van der Waals surface area (Å²) in [6.07, 6.45) is 3.93. The van der Waals surface area contributed by atoms with E-state index in [0.717, 1.165) is 11.9 Å². The van der Waals surface area contributed by atoms with Gasteiger partial charge in [0.15, 0.2) is 5.82 Å². The van der Waals surface area contributed by atoms with Crippen LogP contribution in [0.15, 0.2) is 12.4 Å². The van der Waals surface area contributed by atoms with E-state index in [9.17, 15) is 8.42 Å². The van der Waals surface area contributed by atoms with Crippen molar-refractivity contribution >= 4 is 15.8 Å². The van der Waals surface area contributed by atoms with Gasteiger partial charge in [0.1, 0.15) is 0 Å². The number of hydrogen-bond donors (Lipinski definition) is 1. The van der Waals surface area contributed by atoms with Gasteiger partial charge in [-0.25, -0.2) is 13.4 Å². The van der Waals surface area contributed by atoms with E-state index in [1.54, 1.807) is 6.92 Å². The number of rotatable bonds is 2. The molecule has 0 aliphatic carbocycles. The van der Waals surface area contributed by atoms with Gasteiger partial charge in [-0.1, -0.05) is 0 Å². The molecule has 0 spiro atoms. The first-order valence-corrected chi connectivity index (χ1v) is 5.13. The molecule has 1 aromatic rings. The molecule has 1 rings (SSSR count). The Labute approximate surface area is 70.9 Å². The second-order valence-corrected chi connectivity index (χ2v) is 4.17. The Morgan fingerprint density at radius 1 is 1.33 bits per heavy atom. The highest BCUT2D eigenvalue weighted by Crippen LogP contribution is 2.01. The smallest absolute Gasteiger partial charge is 0.231 e. The molecule has 0 amide bonds. The summed E-state index contributed by atoms with van der Waals surface area (Å²) in [5, 5.41) is 0. The predicted octanol–water partition coefficient (Wildman–Crippen LogP) is 0.157. The SMILES string of the molecule is Cc1cnc(NS(C)(=O)=O)cn1. The Morgan fingerprint density at radius 3 is 2.42 bits per heavy atom. The van der Waals surface area contributed by atoms with E-state index in [1.807, 2.05) is 0 Å². The second-order valence-electron chi connectivity index (χ2n) is 2.42. The van der Waals surface area contributed by atoms with Gasteiger partial charge in [0.05, 0.1) is 24.3 Å². The van der Waals surface area contributed by atoms with Crippen molar-refractivity contribution in [1.29, 1.82) is 0 Å². The first-order chi connectivity index (χ1) is 5.47. The first kappa shape index (κ1) is 8.92. The van der Waals surface area contributed by atoms with Crippen LogP contribution >= 0.6 is 0 Å². The van der Waals surface area contributed by atoms with Crippen LogP contribution in [0.2, 0.25) is 0 Å². The van der Waals surface area contributed by atoms with Crippen molar-refractivity contribution in [3.8, 4) is 0 Å². The van der Waals surface area contributed by atoms with Gasteiger partial charge in [-0.3, -0.25) is 9.71 Å². The monoisotopic (exact) mass is 187 g/mol. The van der Waals surface area contributed by atoms with Crippen LogP contribution in [-0.2, 0) is 10.0 Å². The van der Waals surface area contributed by atoms with Crippen molar-refractivity contribution in [3.05, 3.63) is 18.1 Å². The van der Waals surface area contributed by atoms with Crippen molar-refractivity contribution < 1.29 is 8.42 Å². The van der Waals surface area contributed by atoms with Crippen LogP contribution in [0.3, 0.4) is 0 Å². The van der Waals surface area contributed by atoms with Crippen molar-refractivity contribution in [3.63, 3.8) is 0 Å². The lowest BCUT2D eigenvalue weighted by atomic mass is 10.5. The fourth-order valence-electron chi connectivity index (χ4n) is 0.635. The third kappa shape index (κ3) is 2.83. The number of hydrogen-bond acceptors (Lipinski definition) is 4. The molecule has 1 heterocycles. The van der Waals surface area contributed by atoms with Gasteiger partial charge >= 0.3 is 0 Å². The molecule has 0 aliphatic heterocycles. The number of aryl methyl sites for hydroxylation is 1. The highest BCUT2D eigenvalue weighted by molar-refractivity contribution is 7.92. The molecule has 0 radical (unpaired) electrons. The molecule has 0 aromatic carbocycles. The maximum Gasteiger partial charge on any atom is 0.231 e. The van der Waals surface area contributed by atoms with E-state index in [-0.39, 0.29) is 5.82 Å². The topological polar surface area (TPSA) is 72.0 Å². The summed E-state index contributed by atoms with van der Waals surface area (Å²) < 4.78 is 23.6. The molecule has 0 unspecified atom stereocenters. The molecule has 0 saturated carbocycles. The summed E-state index contributed by atoms with van der Waals surface area (Å²) in [4.78, 5) is 7.68. The first-order valence-electron chi connectivity index (χ1n) is 3.24. The van der Waals surface area contributed by atoms with Crippen molar-refractivity contribution in [2.24, 2.45) is 0 Å². The Morgan fingerprint density at radius 2 is 2.00 bits per heavy atom. The van der Waals surface area contributed by atoms with E-state index in [2.05, 4.69) is 14.7 Å². The van der Waals surface area contributed by atoms with Crippen LogP contribution in [0.1, 0.15) is 5.69 Å². The van der Waals surface area contributed by atoms with Gasteiger partial charge in [0.25, 0.3) is 0 Å². The molecule has 5 nitrogen and oxygen atoms in total. The molecule has 0 fully saturated rings. The number of nitrogens with zero attached hydrogens (tertiary/aromatic N) is 2. The minimum absolute atomic E-state index is 0.239. The molecule has 1 aromatic heterocycles. The van der Waals surface area contributed by atoms with Crippen molar-refractivity contribution in [2.45, 2.75) is 6.92 Å². The Bertz CT molecular complexity index is 357. The largest absolute Gasteiger partial charge is 0.266 e. The normalized spacial score (nSPS) is 11.2. The maximum atomic E-state index is 10.7. The van der Waals surface area contributed by atoms with Gasteiger partial charge < -0.3 is 0 Å². The summed E-state index contributed by atoms with van der Waals surface area (Å²) >= 11 is 0. The quantitative estimate of drug-likeness (QED) is 0.715. The fraction of sp³-hybridized carbons (Fsp3) is 0.333. The van der Waals surface area contributed by atoms with E-state index in [0.29, 0.717) is 0 Å². The number of aromatic nitrogens is 2. The van der Waals surface area contributed by atoms with Crippen molar-refractivity contribution in [2.75, 3.05) is 11.0 Å². The van der Waals surface area contributed by atoms with E-state index in [4.69, 9.17) is 0 Å². The lowest BCUT2D eigenvalue weighted by Gasteiger charge is -2.00. The van der Waals surface area contributed by atoms with Crippen LogP contribution in [0.25, 0.3) is 0 Å². The molecule has 6 heteroatoms. The van der Waals surface area contributed by atoms with Gasteiger partial charge in [0.2, 0.25) is 10.0 Å². The average molecular weight is 187 g/mol. The molecule has 12 heavy (non-hydrogen) atoms. The average Bonchev–Trinajstić information content (AvgIpc) is 1.91. The van der Waals surface area contributed by atoms with Crippen LogP contribution in [0.4, 0.5) is 5.82 Å². The van der Waals surface area contributed by atoms with Crippen LogP contribution in [0, 0.1) is 6.92 Å². The highest BCUT2D eigenvalue weighted by Gasteiger charge is 2.01. The predicted molar refractivity (Wildman–Crippen MR) is 45.2 cm³/mol. The van der Waals surface area contributed by atoms with Gasteiger partial charge in [-0.2, -0.15) is 0 Å². The lowest BCUT2D eigenvalue weighted by Crippen LogP contribution is -2.10. The fourth-order valence-corrected chi connectivity index (χ4v) is 1.12. The van der Waals surface area contributed by atoms with E-state index in [1.165, 1.54) is 12.4 Å². The third-order valence-electron chi connectivity index (χ3n) is 1.07. The molecule has 66 valence electrons. The molecule has 0 aliphatic rings. The minimum Gasteiger partial charge on any atom is -0.266 e. The number of anilines is 1. The van der Waals surface area contributed by atoms with E-state index < -0.39 is 10.0 Å². The third-order valence-corrected chi connectivity index (χ3v) is 1.65. The van der Waals surface area contributed by atoms with Gasteiger partial charge in [0, 0.05) is 0 Å². The van der Waals surface area contributed by atoms with Gasteiger partial charge in [-0.15, -0.1) is 0 Å². The molecule has 0 saturated heterocycles. The molecule has 0 atom stereocenters. The summed E-state index contributed by atoms with van der Waals surface area (Å²) in [7, 11) is -3.24. The zero-order valence-electron chi connectivity index (χ0n) is 6.77. The molecule has 0 bridgehead atoms. The van der Waals surface area contributed by atoms with E-state index >= 15 is 0 Å². The highest BCUT2D eigenvalue weighted by atomic mass is 32.2.